The molecule has 0 unspecified atom stereocenters. The minimum atomic E-state index is -0.524. The van der Waals surface area contributed by atoms with Gasteiger partial charge in [-0.05, 0) is 30.0 Å². The highest BCUT2D eigenvalue weighted by Crippen LogP contribution is 2.29. The molecule has 0 aliphatic carbocycles. The third kappa shape index (κ3) is 2.65. The molecule has 100 valence electrons. The maximum atomic E-state index is 13.2. The van der Waals surface area contributed by atoms with E-state index in [1.54, 1.807) is 11.0 Å². The summed E-state index contributed by atoms with van der Waals surface area (Å²) in [6.07, 6.45) is 0.770. The van der Waals surface area contributed by atoms with Gasteiger partial charge in [0.15, 0.2) is 0 Å². The molecular formula is C13H18ClFN2O. The van der Waals surface area contributed by atoms with E-state index in [9.17, 15) is 9.18 Å². The molecule has 3 nitrogen and oxygen atoms in total. The van der Waals surface area contributed by atoms with Crippen molar-refractivity contribution in [2.24, 2.45) is 11.7 Å². The van der Waals surface area contributed by atoms with Crippen molar-refractivity contribution in [1.82, 2.24) is 0 Å². The van der Waals surface area contributed by atoms with Crippen molar-refractivity contribution in [1.29, 1.82) is 0 Å². The van der Waals surface area contributed by atoms with Gasteiger partial charge in [0.1, 0.15) is 5.82 Å². The first-order valence-electron chi connectivity index (χ1n) is 5.86. The number of halogens is 2. The number of rotatable bonds is 2. The molecule has 1 atom stereocenters. The molecule has 1 aliphatic rings. The molecule has 0 fully saturated rings. The van der Waals surface area contributed by atoms with E-state index in [-0.39, 0.29) is 30.0 Å². The quantitative estimate of drug-likeness (QED) is 0.896. The van der Waals surface area contributed by atoms with Crippen LogP contribution in [-0.4, -0.2) is 18.5 Å². The van der Waals surface area contributed by atoms with Gasteiger partial charge in [-0.2, -0.15) is 0 Å². The summed E-state index contributed by atoms with van der Waals surface area (Å²) >= 11 is 0. The summed E-state index contributed by atoms with van der Waals surface area (Å²) in [6.45, 7) is 4.41. The first-order chi connectivity index (χ1) is 8.00. The van der Waals surface area contributed by atoms with Gasteiger partial charge < -0.3 is 10.6 Å². The van der Waals surface area contributed by atoms with Gasteiger partial charge >= 0.3 is 0 Å². The molecule has 2 N–H and O–H groups in total. The van der Waals surface area contributed by atoms with Crippen LogP contribution < -0.4 is 10.6 Å². The van der Waals surface area contributed by atoms with Gasteiger partial charge in [-0.3, -0.25) is 4.79 Å². The van der Waals surface area contributed by atoms with E-state index in [1.165, 1.54) is 12.1 Å². The lowest BCUT2D eigenvalue weighted by Gasteiger charge is -2.23. The standard InChI is InChI=1S/C13H17FN2O.ClH/c1-8(2)12(15)13(17)16-6-5-9-3-4-10(14)7-11(9)16;/h3-4,7-8,12H,5-6,15H2,1-2H3;1H/t12-;/m1./s1. The zero-order chi connectivity index (χ0) is 12.6. The first kappa shape index (κ1) is 14.9. The molecule has 1 aromatic carbocycles. The van der Waals surface area contributed by atoms with Crippen molar-refractivity contribution in [2.75, 3.05) is 11.4 Å². The third-order valence-electron chi connectivity index (χ3n) is 3.21. The van der Waals surface area contributed by atoms with Crippen molar-refractivity contribution < 1.29 is 9.18 Å². The molecule has 2 rings (SSSR count). The topological polar surface area (TPSA) is 46.3 Å². The lowest BCUT2D eigenvalue weighted by molar-refractivity contribution is -0.120. The number of carbonyl (C=O) groups excluding carboxylic acids is 1. The zero-order valence-electron chi connectivity index (χ0n) is 10.5. The maximum absolute atomic E-state index is 13.2. The Morgan fingerprint density at radius 2 is 2.11 bits per heavy atom. The Morgan fingerprint density at radius 1 is 1.44 bits per heavy atom. The number of hydrogen-bond donors (Lipinski definition) is 1. The normalized spacial score (nSPS) is 15.3. The number of nitrogens with zero attached hydrogens (tertiary/aromatic N) is 1. The highest BCUT2D eigenvalue weighted by Gasteiger charge is 2.29. The van der Waals surface area contributed by atoms with Crippen LogP contribution in [0.5, 0.6) is 0 Å². The Bertz CT molecular complexity index is 451. The highest BCUT2D eigenvalue weighted by atomic mass is 35.5. The molecule has 1 amide bonds. The summed E-state index contributed by atoms with van der Waals surface area (Å²) in [5.41, 5.74) is 7.53. The average Bonchev–Trinajstić information content (AvgIpc) is 2.69. The summed E-state index contributed by atoms with van der Waals surface area (Å²) in [6, 6.07) is 4.05. The molecule has 0 aromatic heterocycles. The van der Waals surface area contributed by atoms with E-state index in [4.69, 9.17) is 5.73 Å². The number of carbonyl (C=O) groups is 1. The van der Waals surface area contributed by atoms with E-state index in [0.29, 0.717) is 12.2 Å². The van der Waals surface area contributed by atoms with E-state index in [1.807, 2.05) is 13.8 Å². The van der Waals surface area contributed by atoms with Crippen molar-refractivity contribution in [2.45, 2.75) is 26.3 Å². The third-order valence-corrected chi connectivity index (χ3v) is 3.21. The molecule has 0 radical (unpaired) electrons. The molecule has 1 aromatic rings. The van der Waals surface area contributed by atoms with E-state index >= 15 is 0 Å². The number of anilines is 1. The van der Waals surface area contributed by atoms with Gasteiger partial charge in [0.2, 0.25) is 5.91 Å². The van der Waals surface area contributed by atoms with Crippen molar-refractivity contribution in [3.63, 3.8) is 0 Å². The number of nitrogens with two attached hydrogens (primary N) is 1. The van der Waals surface area contributed by atoms with E-state index in [0.717, 1.165) is 12.0 Å². The monoisotopic (exact) mass is 272 g/mol. The Kier molecular flexibility index (Phi) is 4.71. The minimum Gasteiger partial charge on any atom is -0.320 e. The van der Waals surface area contributed by atoms with Crippen LogP contribution in [0.4, 0.5) is 10.1 Å². The Labute approximate surface area is 113 Å². The zero-order valence-corrected chi connectivity index (χ0v) is 11.3. The van der Waals surface area contributed by atoms with Gasteiger partial charge in [-0.15, -0.1) is 12.4 Å². The smallest absolute Gasteiger partial charge is 0.244 e. The number of benzene rings is 1. The average molecular weight is 273 g/mol. The van der Waals surface area contributed by atoms with Crippen LogP contribution >= 0.6 is 12.4 Å². The molecule has 1 aliphatic heterocycles. The molecular weight excluding hydrogens is 255 g/mol. The maximum Gasteiger partial charge on any atom is 0.244 e. The summed E-state index contributed by atoms with van der Waals surface area (Å²) in [5.74, 6) is -0.356. The van der Waals surface area contributed by atoms with Crippen LogP contribution in [0.25, 0.3) is 0 Å². The number of amides is 1. The van der Waals surface area contributed by atoms with Crippen LogP contribution in [0.15, 0.2) is 18.2 Å². The lowest BCUT2D eigenvalue weighted by atomic mass is 10.0. The first-order valence-corrected chi connectivity index (χ1v) is 5.86. The van der Waals surface area contributed by atoms with Gasteiger partial charge in [-0.1, -0.05) is 19.9 Å². The predicted octanol–water partition coefficient (Wildman–Crippen LogP) is 2.12. The SMILES string of the molecule is CC(C)[C@@H](N)C(=O)N1CCc2ccc(F)cc21.Cl. The summed E-state index contributed by atoms with van der Waals surface area (Å²) in [5, 5.41) is 0. The molecule has 0 bridgehead atoms. The fraction of sp³-hybridized carbons (Fsp3) is 0.462. The van der Waals surface area contributed by atoms with E-state index < -0.39 is 6.04 Å². The fourth-order valence-electron chi connectivity index (χ4n) is 2.05. The second-order valence-corrected chi connectivity index (χ2v) is 4.78. The van der Waals surface area contributed by atoms with Crippen molar-refractivity contribution in [3.05, 3.63) is 29.6 Å². The summed E-state index contributed by atoms with van der Waals surface area (Å²) in [7, 11) is 0. The van der Waals surface area contributed by atoms with Gasteiger partial charge in [0.05, 0.1) is 6.04 Å². The Morgan fingerprint density at radius 3 is 2.72 bits per heavy atom. The van der Waals surface area contributed by atoms with E-state index in [2.05, 4.69) is 0 Å². The summed E-state index contributed by atoms with van der Waals surface area (Å²) < 4.78 is 13.2. The Hall–Kier alpha value is -1.13. The van der Waals surface area contributed by atoms with Crippen LogP contribution in [0.3, 0.4) is 0 Å². The molecule has 18 heavy (non-hydrogen) atoms. The molecule has 1 heterocycles. The Balaban J connectivity index is 0.00000162. The fourth-order valence-corrected chi connectivity index (χ4v) is 2.05. The number of fused-ring (bicyclic) bond motifs is 1. The predicted molar refractivity (Wildman–Crippen MR) is 72.5 cm³/mol. The second kappa shape index (κ2) is 5.67. The van der Waals surface area contributed by atoms with Crippen molar-refractivity contribution >= 4 is 24.0 Å². The van der Waals surface area contributed by atoms with Crippen LogP contribution in [0, 0.1) is 11.7 Å². The van der Waals surface area contributed by atoms with Crippen LogP contribution in [-0.2, 0) is 11.2 Å². The minimum absolute atomic E-state index is 0. The van der Waals surface area contributed by atoms with Gasteiger partial charge in [0.25, 0.3) is 0 Å². The second-order valence-electron chi connectivity index (χ2n) is 4.78. The summed E-state index contributed by atoms with van der Waals surface area (Å²) in [4.78, 5) is 13.7. The largest absolute Gasteiger partial charge is 0.320 e. The van der Waals surface area contributed by atoms with Crippen LogP contribution in [0.1, 0.15) is 19.4 Å². The van der Waals surface area contributed by atoms with Crippen LogP contribution in [0.2, 0.25) is 0 Å². The molecule has 5 heteroatoms. The molecule has 0 saturated carbocycles. The number of hydrogen-bond acceptors (Lipinski definition) is 2. The lowest BCUT2D eigenvalue weighted by Crippen LogP contribution is -2.46. The molecule has 0 saturated heterocycles. The highest BCUT2D eigenvalue weighted by molar-refractivity contribution is 5.99. The van der Waals surface area contributed by atoms with Crippen molar-refractivity contribution in [3.8, 4) is 0 Å². The van der Waals surface area contributed by atoms with Gasteiger partial charge in [0, 0.05) is 12.2 Å². The van der Waals surface area contributed by atoms with Gasteiger partial charge in [-0.25, -0.2) is 4.39 Å². The molecule has 0 spiro atoms.